The van der Waals surface area contributed by atoms with Crippen LogP contribution in [0.25, 0.3) is 22.4 Å². The minimum atomic E-state index is -1.41. The van der Waals surface area contributed by atoms with Crippen LogP contribution in [0.2, 0.25) is 0 Å². The number of pyridine rings is 1. The maximum atomic E-state index is 12.0. The Bertz CT molecular complexity index is 768. The number of nitrogens with one attached hydrogen (secondary N) is 1. The van der Waals surface area contributed by atoms with E-state index in [1.807, 2.05) is 18.2 Å². The maximum Gasteiger partial charge on any atom is 0.356 e. The van der Waals surface area contributed by atoms with Crippen molar-refractivity contribution in [3.63, 3.8) is 0 Å². The third-order valence-corrected chi connectivity index (χ3v) is 4.45. The molecule has 1 N–H and O–H groups in total. The van der Waals surface area contributed by atoms with Crippen LogP contribution in [0.5, 0.6) is 0 Å². The average Bonchev–Trinajstić information content (AvgIpc) is 2.98. The molecule has 0 aliphatic carbocycles. The van der Waals surface area contributed by atoms with Gasteiger partial charge in [0.15, 0.2) is 4.90 Å². The zero-order valence-electron chi connectivity index (χ0n) is 11.8. The number of carbonyl (C=O) groups excluding carboxylic acids is 1. The molecule has 0 aliphatic heterocycles. The first kappa shape index (κ1) is 14.6. The predicted molar refractivity (Wildman–Crippen MR) is 82.6 cm³/mol. The molecule has 112 valence electrons. The van der Waals surface area contributed by atoms with E-state index in [0.29, 0.717) is 10.7 Å². The van der Waals surface area contributed by atoms with Crippen molar-refractivity contribution in [1.29, 1.82) is 0 Å². The zero-order valence-corrected chi connectivity index (χ0v) is 12.6. The van der Waals surface area contributed by atoms with Gasteiger partial charge in [0.25, 0.3) is 0 Å². The van der Waals surface area contributed by atoms with Gasteiger partial charge in [0, 0.05) is 11.8 Å². The highest BCUT2D eigenvalue weighted by Crippen LogP contribution is 2.22. The minimum Gasteiger partial charge on any atom is -0.611 e. The summed E-state index contributed by atoms with van der Waals surface area (Å²) in [6.07, 6.45) is 3.39. The van der Waals surface area contributed by atoms with Gasteiger partial charge in [-0.15, -0.1) is 0 Å². The standard InChI is InChI=1S/C15H13N3O3S/c1-21-14(19)9-22(20)11-4-2-10(3-5-11)15-17-12-6-7-16-8-13(12)18-15/h2-8H,9H2,1H3,(H,17,18). The van der Waals surface area contributed by atoms with Gasteiger partial charge >= 0.3 is 5.97 Å². The van der Waals surface area contributed by atoms with Crippen LogP contribution in [0.4, 0.5) is 0 Å². The molecule has 2 heterocycles. The Morgan fingerprint density at radius 3 is 2.77 bits per heavy atom. The summed E-state index contributed by atoms with van der Waals surface area (Å²) < 4.78 is 16.5. The number of hydrogen-bond donors (Lipinski definition) is 1. The third kappa shape index (κ3) is 2.95. The molecule has 6 nitrogen and oxygen atoms in total. The number of aromatic amines is 1. The van der Waals surface area contributed by atoms with Crippen molar-refractivity contribution >= 4 is 28.2 Å². The number of imidazole rings is 1. The summed E-state index contributed by atoms with van der Waals surface area (Å²) >= 11 is -1.41. The lowest BCUT2D eigenvalue weighted by Crippen LogP contribution is -2.17. The van der Waals surface area contributed by atoms with E-state index in [0.717, 1.165) is 16.6 Å². The molecule has 3 aromatic rings. The Morgan fingerprint density at radius 2 is 2.09 bits per heavy atom. The SMILES string of the molecule is COC(=O)C[S+]([O-])c1ccc(-c2nc3cnccc3[nH]2)cc1. The number of methoxy groups -OCH3 is 1. The Balaban J connectivity index is 1.83. The van der Waals surface area contributed by atoms with Gasteiger partial charge in [-0.1, -0.05) is 0 Å². The number of carbonyl (C=O) groups is 1. The molecule has 0 saturated heterocycles. The summed E-state index contributed by atoms with van der Waals surface area (Å²) in [7, 11) is 1.28. The van der Waals surface area contributed by atoms with E-state index in [-0.39, 0.29) is 5.75 Å². The van der Waals surface area contributed by atoms with Crippen LogP contribution in [0.15, 0.2) is 47.6 Å². The van der Waals surface area contributed by atoms with E-state index in [4.69, 9.17) is 0 Å². The fourth-order valence-electron chi connectivity index (χ4n) is 2.01. The highest BCUT2D eigenvalue weighted by Gasteiger charge is 2.17. The third-order valence-electron chi connectivity index (χ3n) is 3.15. The molecule has 7 heteroatoms. The summed E-state index contributed by atoms with van der Waals surface area (Å²) in [5, 5.41) is 0. The second-order valence-electron chi connectivity index (χ2n) is 4.57. The zero-order chi connectivity index (χ0) is 15.5. The van der Waals surface area contributed by atoms with Gasteiger partial charge in [-0.3, -0.25) is 4.98 Å². The first-order chi connectivity index (χ1) is 10.7. The van der Waals surface area contributed by atoms with Crippen LogP contribution in [0.1, 0.15) is 0 Å². The second kappa shape index (κ2) is 6.17. The molecular formula is C15H13N3O3S. The van der Waals surface area contributed by atoms with Crippen LogP contribution in [0.3, 0.4) is 0 Å². The second-order valence-corrected chi connectivity index (χ2v) is 6.02. The first-order valence-corrected chi connectivity index (χ1v) is 7.84. The van der Waals surface area contributed by atoms with Crippen LogP contribution in [-0.2, 0) is 20.7 Å². The Labute approximate surface area is 129 Å². The largest absolute Gasteiger partial charge is 0.611 e. The first-order valence-electron chi connectivity index (χ1n) is 6.53. The van der Waals surface area contributed by atoms with Gasteiger partial charge < -0.3 is 14.3 Å². The van der Waals surface area contributed by atoms with Gasteiger partial charge in [0.1, 0.15) is 11.3 Å². The molecule has 0 bridgehead atoms. The van der Waals surface area contributed by atoms with E-state index in [2.05, 4.69) is 19.7 Å². The van der Waals surface area contributed by atoms with Crippen molar-refractivity contribution in [3.8, 4) is 11.4 Å². The number of nitrogens with zero attached hydrogens (tertiary/aromatic N) is 2. The van der Waals surface area contributed by atoms with Gasteiger partial charge in [-0.2, -0.15) is 0 Å². The number of fused-ring (bicyclic) bond motifs is 1. The summed E-state index contributed by atoms with van der Waals surface area (Å²) in [5.74, 6) is 0.0760. The quantitative estimate of drug-likeness (QED) is 0.586. The topological polar surface area (TPSA) is 90.9 Å². The van der Waals surface area contributed by atoms with Crippen molar-refractivity contribution in [1.82, 2.24) is 15.0 Å². The number of aromatic nitrogens is 3. The highest BCUT2D eigenvalue weighted by molar-refractivity contribution is 7.92. The smallest absolute Gasteiger partial charge is 0.356 e. The number of rotatable bonds is 4. The van der Waals surface area contributed by atoms with Crippen molar-refractivity contribution in [3.05, 3.63) is 42.7 Å². The summed E-state index contributed by atoms with van der Waals surface area (Å²) in [4.78, 5) is 23.4. The highest BCUT2D eigenvalue weighted by atomic mass is 32.2. The number of hydrogen-bond acceptors (Lipinski definition) is 5. The van der Waals surface area contributed by atoms with Crippen LogP contribution in [-0.4, -0.2) is 38.3 Å². The van der Waals surface area contributed by atoms with E-state index >= 15 is 0 Å². The lowest BCUT2D eigenvalue weighted by Gasteiger charge is -2.09. The summed E-state index contributed by atoms with van der Waals surface area (Å²) in [5.41, 5.74) is 2.56. The Kier molecular flexibility index (Phi) is 4.08. The van der Waals surface area contributed by atoms with Crippen LogP contribution < -0.4 is 0 Å². The maximum absolute atomic E-state index is 12.0. The lowest BCUT2D eigenvalue weighted by atomic mass is 10.2. The normalized spacial score (nSPS) is 12.3. The predicted octanol–water partition coefficient (Wildman–Crippen LogP) is 1.91. The van der Waals surface area contributed by atoms with Gasteiger partial charge in [-0.05, 0) is 41.5 Å². The molecule has 1 unspecified atom stereocenters. The minimum absolute atomic E-state index is 0.147. The van der Waals surface area contributed by atoms with Gasteiger partial charge in [0.2, 0.25) is 5.75 Å². The molecule has 0 aliphatic rings. The summed E-state index contributed by atoms with van der Waals surface area (Å²) in [6, 6.07) is 8.93. The average molecular weight is 315 g/mol. The monoisotopic (exact) mass is 315 g/mol. The molecule has 22 heavy (non-hydrogen) atoms. The van der Waals surface area contributed by atoms with E-state index in [9.17, 15) is 9.35 Å². The number of ether oxygens (including phenoxy) is 1. The molecule has 3 rings (SSSR count). The molecule has 0 fully saturated rings. The van der Waals surface area contributed by atoms with Crippen molar-refractivity contribution in [2.75, 3.05) is 12.9 Å². The van der Waals surface area contributed by atoms with Crippen molar-refractivity contribution < 1.29 is 14.1 Å². The number of H-pyrrole nitrogens is 1. The molecule has 0 saturated carbocycles. The van der Waals surface area contributed by atoms with Gasteiger partial charge in [-0.25, -0.2) is 9.78 Å². The van der Waals surface area contributed by atoms with Gasteiger partial charge in [0.05, 0.1) is 18.8 Å². The molecule has 2 aromatic heterocycles. The number of benzene rings is 1. The van der Waals surface area contributed by atoms with Crippen molar-refractivity contribution in [2.24, 2.45) is 0 Å². The molecule has 1 aromatic carbocycles. The molecule has 0 radical (unpaired) electrons. The number of esters is 1. The Morgan fingerprint density at radius 1 is 1.32 bits per heavy atom. The van der Waals surface area contributed by atoms with E-state index in [1.165, 1.54) is 7.11 Å². The lowest BCUT2D eigenvalue weighted by molar-refractivity contribution is -0.137. The fourth-order valence-corrected chi connectivity index (χ4v) is 2.95. The fraction of sp³-hybridized carbons (Fsp3) is 0.133. The molecule has 1 atom stereocenters. The Hall–Kier alpha value is -2.38. The van der Waals surface area contributed by atoms with Crippen molar-refractivity contribution in [2.45, 2.75) is 4.90 Å². The van der Waals surface area contributed by atoms with Crippen LogP contribution in [0, 0.1) is 0 Å². The molecular weight excluding hydrogens is 302 g/mol. The van der Waals surface area contributed by atoms with E-state index < -0.39 is 17.1 Å². The summed E-state index contributed by atoms with van der Waals surface area (Å²) in [6.45, 7) is 0. The van der Waals surface area contributed by atoms with E-state index in [1.54, 1.807) is 24.5 Å². The molecule has 0 amide bonds. The van der Waals surface area contributed by atoms with Crippen LogP contribution >= 0.6 is 0 Å². The molecule has 0 spiro atoms.